The molecule has 0 radical (unpaired) electrons. The largest absolute Gasteiger partial charge is 0.315 e. The first-order valence-electron chi connectivity index (χ1n) is 6.86. The molecule has 5 nitrogen and oxygen atoms in total. The molecule has 5 heteroatoms. The van der Waals surface area contributed by atoms with Gasteiger partial charge in [-0.1, -0.05) is 6.42 Å². The summed E-state index contributed by atoms with van der Waals surface area (Å²) in [6.07, 6.45) is 6.90. The summed E-state index contributed by atoms with van der Waals surface area (Å²) in [6.45, 7) is 4.87. The monoisotopic (exact) mass is 258 g/mol. The fraction of sp³-hybridized carbons (Fsp3) is 0.571. The maximum absolute atomic E-state index is 12.3. The van der Waals surface area contributed by atoms with Crippen LogP contribution in [0.3, 0.4) is 0 Å². The molecule has 0 aromatic carbocycles. The normalized spacial score (nSPS) is 24.0. The van der Waals surface area contributed by atoms with Crippen molar-refractivity contribution in [1.29, 1.82) is 0 Å². The highest BCUT2D eigenvalue weighted by Gasteiger charge is 2.40. The van der Waals surface area contributed by atoms with E-state index in [0.29, 0.717) is 6.42 Å². The van der Waals surface area contributed by atoms with E-state index in [9.17, 15) is 4.79 Å². The van der Waals surface area contributed by atoms with Gasteiger partial charge in [0.15, 0.2) is 5.65 Å². The molecule has 100 valence electrons. The Balaban J connectivity index is 2.19. The molecule has 2 aromatic heterocycles. The Morgan fingerprint density at radius 2 is 2.16 bits per heavy atom. The van der Waals surface area contributed by atoms with Gasteiger partial charge in [0.25, 0.3) is 0 Å². The zero-order chi connectivity index (χ0) is 13.5. The topological polar surface area (TPSA) is 60.7 Å². The predicted octanol–water partition coefficient (Wildman–Crippen LogP) is 2.25. The van der Waals surface area contributed by atoms with Gasteiger partial charge in [0, 0.05) is 13.0 Å². The number of carbonyl (C=O) groups is 1. The number of Topliss-reactive ketones (excluding diaryl/α,β-unsaturated/α-hetero) is 1. The summed E-state index contributed by atoms with van der Waals surface area (Å²) < 4.78 is 1.98. The average Bonchev–Trinajstić information content (AvgIpc) is 2.85. The lowest BCUT2D eigenvalue weighted by Gasteiger charge is -2.31. The van der Waals surface area contributed by atoms with Crippen LogP contribution in [0.5, 0.6) is 0 Å². The summed E-state index contributed by atoms with van der Waals surface area (Å²) in [5.74, 6) is 0.282. The van der Waals surface area contributed by atoms with Crippen molar-refractivity contribution in [3.8, 4) is 0 Å². The number of ketones is 1. The molecule has 1 saturated carbocycles. The number of hydrogen-bond acceptors (Lipinski definition) is 4. The molecule has 2 heterocycles. The summed E-state index contributed by atoms with van der Waals surface area (Å²) in [5, 5.41) is 0. The Labute approximate surface area is 112 Å². The number of rotatable bonds is 2. The minimum absolute atomic E-state index is 0.282. The van der Waals surface area contributed by atoms with E-state index in [1.807, 2.05) is 11.5 Å². The van der Waals surface area contributed by atoms with E-state index < -0.39 is 5.41 Å². The molecule has 1 aliphatic rings. The van der Waals surface area contributed by atoms with Crippen LogP contribution < -0.4 is 0 Å². The van der Waals surface area contributed by atoms with Gasteiger partial charge in [0.05, 0.1) is 17.4 Å². The summed E-state index contributed by atoms with van der Waals surface area (Å²) in [4.78, 5) is 25.5. The number of nitrogens with zero attached hydrogens (tertiary/aromatic N) is 4. The zero-order valence-corrected chi connectivity index (χ0v) is 11.4. The van der Waals surface area contributed by atoms with Crippen LogP contribution in [0, 0.1) is 0 Å². The van der Waals surface area contributed by atoms with Crippen molar-refractivity contribution in [1.82, 2.24) is 19.5 Å². The van der Waals surface area contributed by atoms with E-state index in [1.54, 1.807) is 12.7 Å². The minimum Gasteiger partial charge on any atom is -0.315 e. The van der Waals surface area contributed by atoms with Crippen LogP contribution >= 0.6 is 0 Å². The van der Waals surface area contributed by atoms with Gasteiger partial charge in [-0.25, -0.2) is 15.0 Å². The Morgan fingerprint density at radius 3 is 2.89 bits per heavy atom. The summed E-state index contributed by atoms with van der Waals surface area (Å²) in [6, 6.07) is 0. The molecule has 2 aromatic rings. The first-order chi connectivity index (χ1) is 9.16. The second-order valence-electron chi connectivity index (χ2n) is 5.39. The van der Waals surface area contributed by atoms with E-state index in [2.05, 4.69) is 21.9 Å². The van der Waals surface area contributed by atoms with Crippen LogP contribution in [0.25, 0.3) is 11.2 Å². The fourth-order valence-electron chi connectivity index (χ4n) is 2.95. The summed E-state index contributed by atoms with van der Waals surface area (Å²) >= 11 is 0. The second-order valence-corrected chi connectivity index (χ2v) is 5.39. The molecule has 0 bridgehead atoms. The molecule has 1 atom stereocenters. The Hall–Kier alpha value is -1.78. The molecular formula is C14H18N4O. The highest BCUT2D eigenvalue weighted by atomic mass is 16.1. The van der Waals surface area contributed by atoms with Crippen LogP contribution in [0.2, 0.25) is 0 Å². The van der Waals surface area contributed by atoms with Crippen molar-refractivity contribution in [3.63, 3.8) is 0 Å². The average molecular weight is 258 g/mol. The molecule has 0 aliphatic heterocycles. The molecular weight excluding hydrogens is 240 g/mol. The summed E-state index contributed by atoms with van der Waals surface area (Å²) in [7, 11) is 0. The lowest BCUT2D eigenvalue weighted by Crippen LogP contribution is -2.36. The van der Waals surface area contributed by atoms with Gasteiger partial charge in [-0.3, -0.25) is 4.79 Å². The quantitative estimate of drug-likeness (QED) is 0.829. The number of hydrogen-bond donors (Lipinski definition) is 0. The molecule has 0 N–H and O–H groups in total. The van der Waals surface area contributed by atoms with E-state index in [4.69, 9.17) is 0 Å². The summed E-state index contributed by atoms with van der Waals surface area (Å²) in [5.41, 5.74) is 1.91. The van der Waals surface area contributed by atoms with Crippen LogP contribution in [-0.4, -0.2) is 25.3 Å². The smallest absolute Gasteiger partial charge is 0.163 e. The first-order valence-corrected chi connectivity index (χ1v) is 6.86. The molecule has 0 spiro atoms. The zero-order valence-electron chi connectivity index (χ0n) is 11.4. The fourth-order valence-corrected chi connectivity index (χ4v) is 2.95. The predicted molar refractivity (Wildman–Crippen MR) is 71.8 cm³/mol. The Bertz CT molecular complexity index is 633. The Morgan fingerprint density at radius 1 is 1.32 bits per heavy atom. The first kappa shape index (κ1) is 12.3. The van der Waals surface area contributed by atoms with Crippen molar-refractivity contribution in [2.75, 3.05) is 0 Å². The van der Waals surface area contributed by atoms with Crippen LogP contribution in [-0.2, 0) is 16.8 Å². The van der Waals surface area contributed by atoms with Gasteiger partial charge in [-0.15, -0.1) is 0 Å². The van der Waals surface area contributed by atoms with Crippen molar-refractivity contribution < 1.29 is 4.79 Å². The number of aromatic nitrogens is 4. The van der Waals surface area contributed by atoms with Crippen molar-refractivity contribution in [3.05, 3.63) is 18.3 Å². The maximum Gasteiger partial charge on any atom is 0.163 e. The van der Waals surface area contributed by atoms with Crippen molar-refractivity contribution in [2.45, 2.75) is 51.5 Å². The second kappa shape index (κ2) is 4.40. The van der Waals surface area contributed by atoms with Gasteiger partial charge in [0.2, 0.25) is 0 Å². The van der Waals surface area contributed by atoms with Gasteiger partial charge in [-0.05, 0) is 26.7 Å². The van der Waals surface area contributed by atoms with E-state index >= 15 is 0 Å². The van der Waals surface area contributed by atoms with Crippen molar-refractivity contribution in [2.24, 2.45) is 0 Å². The third-order valence-corrected chi connectivity index (χ3v) is 4.21. The van der Waals surface area contributed by atoms with E-state index in [-0.39, 0.29) is 5.78 Å². The van der Waals surface area contributed by atoms with E-state index in [0.717, 1.165) is 42.7 Å². The van der Waals surface area contributed by atoms with Gasteiger partial charge in [-0.2, -0.15) is 0 Å². The third kappa shape index (κ3) is 1.76. The Kier molecular flexibility index (Phi) is 2.84. The molecule has 1 unspecified atom stereocenters. The number of fused-ring (bicyclic) bond motifs is 1. The number of imidazole rings is 1. The lowest BCUT2D eigenvalue weighted by atomic mass is 9.72. The van der Waals surface area contributed by atoms with Gasteiger partial charge in [0.1, 0.15) is 17.6 Å². The van der Waals surface area contributed by atoms with Gasteiger partial charge >= 0.3 is 0 Å². The molecule has 0 amide bonds. The van der Waals surface area contributed by atoms with Gasteiger partial charge < -0.3 is 4.57 Å². The van der Waals surface area contributed by atoms with Crippen molar-refractivity contribution >= 4 is 16.9 Å². The highest BCUT2D eigenvalue weighted by molar-refractivity contribution is 5.93. The van der Waals surface area contributed by atoms with E-state index in [1.165, 1.54) is 0 Å². The number of aryl methyl sites for hydroxylation is 1. The molecule has 1 fully saturated rings. The third-order valence-electron chi connectivity index (χ3n) is 4.21. The number of carbonyl (C=O) groups excluding carboxylic acids is 1. The highest BCUT2D eigenvalue weighted by Crippen LogP contribution is 2.37. The molecule has 1 aliphatic carbocycles. The standard InChI is InChI=1S/C14H18N4O/c1-3-18-9-17-11-12(15-8-16-13(11)18)14(2)7-5-4-6-10(14)19/h8-9H,3-7H2,1-2H3. The molecule has 0 saturated heterocycles. The maximum atomic E-state index is 12.3. The molecule has 3 rings (SSSR count). The SMILES string of the molecule is CCn1cnc2c(C3(C)CCCCC3=O)ncnc21. The van der Waals surface area contributed by atoms with Crippen LogP contribution in [0.1, 0.15) is 45.2 Å². The minimum atomic E-state index is -0.494. The molecule has 19 heavy (non-hydrogen) atoms. The lowest BCUT2D eigenvalue weighted by molar-refractivity contribution is -0.126. The van der Waals surface area contributed by atoms with Crippen LogP contribution in [0.15, 0.2) is 12.7 Å². The van der Waals surface area contributed by atoms with Crippen LogP contribution in [0.4, 0.5) is 0 Å².